The minimum absolute atomic E-state index is 0.0286. The SMILES string of the molecule is O=C(NCCNC(=O)c1nc(C2CCCCC2)no1)c1cccnc1. The van der Waals surface area contributed by atoms with Crippen molar-refractivity contribution in [2.45, 2.75) is 38.0 Å². The minimum Gasteiger partial charge on any atom is -0.350 e. The maximum Gasteiger partial charge on any atom is 0.315 e. The van der Waals surface area contributed by atoms with Gasteiger partial charge in [-0.15, -0.1) is 0 Å². The fourth-order valence-corrected chi connectivity index (χ4v) is 2.88. The van der Waals surface area contributed by atoms with Crippen molar-refractivity contribution in [1.82, 2.24) is 25.8 Å². The lowest BCUT2D eigenvalue weighted by Gasteiger charge is -2.17. The van der Waals surface area contributed by atoms with E-state index in [1.807, 2.05) is 0 Å². The van der Waals surface area contributed by atoms with Crippen LogP contribution in [-0.2, 0) is 0 Å². The van der Waals surface area contributed by atoms with Crippen molar-refractivity contribution in [2.75, 3.05) is 13.1 Å². The highest BCUT2D eigenvalue weighted by atomic mass is 16.5. The molecule has 3 rings (SSSR count). The fraction of sp³-hybridized carbons (Fsp3) is 0.471. The Balaban J connectivity index is 1.42. The Labute approximate surface area is 145 Å². The van der Waals surface area contributed by atoms with Gasteiger partial charge >= 0.3 is 11.8 Å². The van der Waals surface area contributed by atoms with Crippen molar-refractivity contribution in [3.05, 3.63) is 41.8 Å². The summed E-state index contributed by atoms with van der Waals surface area (Å²) in [6, 6.07) is 3.36. The Hall–Kier alpha value is -2.77. The molecule has 2 aromatic heterocycles. The summed E-state index contributed by atoms with van der Waals surface area (Å²) in [5.74, 6) is 0.219. The van der Waals surface area contributed by atoms with Crippen molar-refractivity contribution in [1.29, 1.82) is 0 Å². The molecule has 0 unspecified atom stereocenters. The van der Waals surface area contributed by atoms with Crippen LogP contribution in [0.25, 0.3) is 0 Å². The standard InChI is InChI=1S/C17H21N5O3/c23-15(13-7-4-8-18-11-13)19-9-10-20-16(24)17-21-14(22-25-17)12-5-2-1-3-6-12/h4,7-8,11-12H,1-3,5-6,9-10H2,(H,19,23)(H,20,24). The molecule has 1 fully saturated rings. The van der Waals surface area contributed by atoms with Gasteiger partial charge in [-0.3, -0.25) is 14.6 Å². The van der Waals surface area contributed by atoms with Gasteiger partial charge in [-0.1, -0.05) is 24.4 Å². The first-order valence-corrected chi connectivity index (χ1v) is 8.54. The first-order valence-electron chi connectivity index (χ1n) is 8.54. The molecule has 0 atom stereocenters. The largest absolute Gasteiger partial charge is 0.350 e. The average molecular weight is 343 g/mol. The Bertz CT molecular complexity index is 710. The number of rotatable bonds is 6. The summed E-state index contributed by atoms with van der Waals surface area (Å²) in [6.07, 6.45) is 8.74. The van der Waals surface area contributed by atoms with E-state index >= 15 is 0 Å². The van der Waals surface area contributed by atoms with Crippen LogP contribution in [-0.4, -0.2) is 40.0 Å². The van der Waals surface area contributed by atoms with Crippen LogP contribution in [0.2, 0.25) is 0 Å². The summed E-state index contributed by atoms with van der Waals surface area (Å²) >= 11 is 0. The summed E-state index contributed by atoms with van der Waals surface area (Å²) in [6.45, 7) is 0.565. The van der Waals surface area contributed by atoms with E-state index in [1.54, 1.807) is 18.3 Å². The Morgan fingerprint density at radius 3 is 2.60 bits per heavy atom. The van der Waals surface area contributed by atoms with Crippen molar-refractivity contribution in [3.8, 4) is 0 Å². The van der Waals surface area contributed by atoms with Gasteiger partial charge in [0.2, 0.25) is 0 Å². The summed E-state index contributed by atoms with van der Waals surface area (Å²) in [5.41, 5.74) is 0.475. The van der Waals surface area contributed by atoms with Crippen LogP contribution in [0, 0.1) is 0 Å². The van der Waals surface area contributed by atoms with E-state index in [1.165, 1.54) is 12.6 Å². The predicted octanol–water partition coefficient (Wildman–Crippen LogP) is 1.67. The molecule has 25 heavy (non-hydrogen) atoms. The number of amides is 2. The average Bonchev–Trinajstić information content (AvgIpc) is 3.16. The van der Waals surface area contributed by atoms with Gasteiger partial charge in [-0.25, -0.2) is 0 Å². The van der Waals surface area contributed by atoms with E-state index in [2.05, 4.69) is 25.8 Å². The van der Waals surface area contributed by atoms with Crippen molar-refractivity contribution < 1.29 is 14.1 Å². The third kappa shape index (κ3) is 4.62. The van der Waals surface area contributed by atoms with Crippen LogP contribution in [0.1, 0.15) is 64.9 Å². The van der Waals surface area contributed by atoms with Crippen molar-refractivity contribution >= 4 is 11.8 Å². The minimum atomic E-state index is -0.426. The second kappa shape index (κ2) is 8.36. The number of nitrogens with one attached hydrogen (secondary N) is 2. The quantitative estimate of drug-likeness (QED) is 0.772. The van der Waals surface area contributed by atoms with Crippen molar-refractivity contribution in [3.63, 3.8) is 0 Å². The lowest BCUT2D eigenvalue weighted by Crippen LogP contribution is -2.34. The topological polar surface area (TPSA) is 110 Å². The summed E-state index contributed by atoms with van der Waals surface area (Å²) in [5, 5.41) is 9.29. The van der Waals surface area contributed by atoms with Crippen LogP contribution in [0.15, 0.2) is 29.0 Å². The highest BCUT2D eigenvalue weighted by molar-refractivity contribution is 5.93. The number of nitrogens with zero attached hydrogens (tertiary/aromatic N) is 3. The van der Waals surface area contributed by atoms with E-state index in [0.29, 0.717) is 17.9 Å². The predicted molar refractivity (Wildman–Crippen MR) is 89.0 cm³/mol. The monoisotopic (exact) mass is 343 g/mol. The summed E-state index contributed by atoms with van der Waals surface area (Å²) < 4.78 is 5.06. The summed E-state index contributed by atoms with van der Waals surface area (Å²) in [4.78, 5) is 32.0. The molecular formula is C17H21N5O3. The number of aromatic nitrogens is 3. The Morgan fingerprint density at radius 1 is 1.12 bits per heavy atom. The number of hydrogen-bond donors (Lipinski definition) is 2. The smallest absolute Gasteiger partial charge is 0.315 e. The van der Waals surface area contributed by atoms with Gasteiger partial charge in [0.25, 0.3) is 5.91 Å². The van der Waals surface area contributed by atoms with E-state index < -0.39 is 5.91 Å². The molecule has 8 nitrogen and oxygen atoms in total. The van der Waals surface area contributed by atoms with Gasteiger partial charge in [-0.05, 0) is 25.0 Å². The van der Waals surface area contributed by atoms with Crippen LogP contribution < -0.4 is 10.6 Å². The van der Waals surface area contributed by atoms with Gasteiger partial charge in [0.05, 0.1) is 5.56 Å². The number of pyridine rings is 1. The third-order valence-electron chi connectivity index (χ3n) is 4.23. The van der Waals surface area contributed by atoms with E-state index in [-0.39, 0.29) is 24.3 Å². The normalized spacial score (nSPS) is 14.9. The molecule has 8 heteroatoms. The zero-order valence-electron chi connectivity index (χ0n) is 13.9. The zero-order valence-corrected chi connectivity index (χ0v) is 13.9. The molecule has 0 bridgehead atoms. The van der Waals surface area contributed by atoms with E-state index in [9.17, 15) is 9.59 Å². The molecule has 2 amide bonds. The second-order valence-electron chi connectivity index (χ2n) is 6.05. The molecule has 0 spiro atoms. The molecule has 0 aromatic carbocycles. The number of carbonyl (C=O) groups excluding carboxylic acids is 2. The third-order valence-corrected chi connectivity index (χ3v) is 4.23. The molecule has 1 aliphatic rings. The van der Waals surface area contributed by atoms with Gasteiger partial charge in [0.1, 0.15) is 0 Å². The molecule has 1 saturated carbocycles. The molecule has 0 aliphatic heterocycles. The maximum absolute atomic E-state index is 12.0. The van der Waals surface area contributed by atoms with Crippen LogP contribution in [0.3, 0.4) is 0 Å². The number of carbonyl (C=O) groups is 2. The maximum atomic E-state index is 12.0. The summed E-state index contributed by atoms with van der Waals surface area (Å²) in [7, 11) is 0. The fourth-order valence-electron chi connectivity index (χ4n) is 2.88. The van der Waals surface area contributed by atoms with E-state index in [0.717, 1.165) is 25.7 Å². The lowest BCUT2D eigenvalue weighted by molar-refractivity contribution is 0.0898. The molecule has 0 saturated heterocycles. The number of hydrogen-bond acceptors (Lipinski definition) is 6. The second-order valence-corrected chi connectivity index (χ2v) is 6.05. The molecule has 2 aromatic rings. The molecule has 2 heterocycles. The molecular weight excluding hydrogens is 322 g/mol. The Morgan fingerprint density at radius 2 is 1.88 bits per heavy atom. The molecule has 0 radical (unpaired) electrons. The molecule has 2 N–H and O–H groups in total. The van der Waals surface area contributed by atoms with E-state index in [4.69, 9.17) is 4.52 Å². The zero-order chi connectivity index (χ0) is 17.5. The molecule has 132 valence electrons. The molecule has 1 aliphatic carbocycles. The van der Waals surface area contributed by atoms with Crippen LogP contribution in [0.4, 0.5) is 0 Å². The first-order chi connectivity index (χ1) is 12.2. The van der Waals surface area contributed by atoms with Gasteiger partial charge < -0.3 is 15.2 Å². The van der Waals surface area contributed by atoms with Gasteiger partial charge in [-0.2, -0.15) is 4.98 Å². The van der Waals surface area contributed by atoms with Gasteiger partial charge in [0.15, 0.2) is 5.82 Å². The highest BCUT2D eigenvalue weighted by Crippen LogP contribution is 2.30. The van der Waals surface area contributed by atoms with Crippen LogP contribution in [0.5, 0.6) is 0 Å². The van der Waals surface area contributed by atoms with Crippen LogP contribution >= 0.6 is 0 Å². The first kappa shape index (κ1) is 17.1. The lowest BCUT2D eigenvalue weighted by atomic mass is 9.89. The Kier molecular flexibility index (Phi) is 5.71. The highest BCUT2D eigenvalue weighted by Gasteiger charge is 2.23. The van der Waals surface area contributed by atoms with Crippen molar-refractivity contribution in [2.24, 2.45) is 0 Å². The van der Waals surface area contributed by atoms with Gasteiger partial charge in [0, 0.05) is 31.4 Å².